The summed E-state index contributed by atoms with van der Waals surface area (Å²) in [7, 11) is 0. The summed E-state index contributed by atoms with van der Waals surface area (Å²) in [6, 6.07) is -0.358. The number of primary amides is 1. The molecule has 24 heteroatoms. The number of Topliss-reactive ketones (excluding diaryl/α,β-unsaturated/α-hetero) is 3. The average Bonchev–Trinajstić information content (AvgIpc) is 3.94. The van der Waals surface area contributed by atoms with Crippen LogP contribution >= 0.6 is 34.4 Å². The summed E-state index contributed by atoms with van der Waals surface area (Å²) in [4.78, 5) is 142. The number of nitrogens with one attached hydrogen (secondary N) is 6. The molecule has 1 aromatic heterocycles. The number of fused-ring (bicyclic) bond motifs is 5. The lowest BCUT2D eigenvalue weighted by molar-refractivity contribution is -0.145. The van der Waals surface area contributed by atoms with Crippen LogP contribution in [-0.2, 0) is 54.4 Å². The maximum Gasteiger partial charge on any atom is 0.243 e. The number of carbonyl (C=O) groups excluding carboxylic acids is 10. The first-order valence-corrected chi connectivity index (χ1v) is 27.8. The van der Waals surface area contributed by atoms with Gasteiger partial charge >= 0.3 is 0 Å². The number of aliphatic hydroxyl groups excluding tert-OH is 3. The van der Waals surface area contributed by atoms with Crippen LogP contribution in [0, 0.1) is 23.7 Å². The summed E-state index contributed by atoms with van der Waals surface area (Å²) in [5.41, 5.74) is 6.64. The van der Waals surface area contributed by atoms with E-state index in [0.29, 0.717) is 51.1 Å². The molecule has 0 aliphatic carbocycles. The lowest BCUT2D eigenvalue weighted by Gasteiger charge is -2.32. The van der Waals surface area contributed by atoms with Gasteiger partial charge in [-0.3, -0.25) is 47.9 Å². The van der Waals surface area contributed by atoms with Crippen LogP contribution in [0.3, 0.4) is 0 Å². The number of nitrogens with zero attached hydrogens (tertiary/aromatic N) is 1. The molecule has 1 aromatic carbocycles. The minimum absolute atomic E-state index is 0.191. The third kappa shape index (κ3) is 16.7. The summed E-state index contributed by atoms with van der Waals surface area (Å²) in [6.45, 7) is 2.78. The second kappa shape index (κ2) is 28.6. The first kappa shape index (κ1) is 59.7. The molecule has 0 radical (unpaired) electrons. The van der Waals surface area contributed by atoms with E-state index in [9.17, 15) is 63.3 Å². The summed E-state index contributed by atoms with van der Waals surface area (Å²) in [5, 5.41) is 45.7. The van der Waals surface area contributed by atoms with Gasteiger partial charge in [0, 0.05) is 67.7 Å². The highest BCUT2D eigenvalue weighted by Crippen LogP contribution is 2.36. The van der Waals surface area contributed by atoms with Gasteiger partial charge in [-0.1, -0.05) is 69.0 Å². The second-order valence-electron chi connectivity index (χ2n) is 19.6. The van der Waals surface area contributed by atoms with Crippen molar-refractivity contribution in [2.45, 2.75) is 139 Å². The first-order chi connectivity index (χ1) is 35.2. The molecule has 2 bridgehead atoms. The van der Waals surface area contributed by atoms with E-state index in [-0.39, 0.29) is 24.4 Å². The fourth-order valence-electron chi connectivity index (χ4n) is 9.41. The lowest BCUT2D eigenvalue weighted by atomic mass is 9.85. The smallest absolute Gasteiger partial charge is 0.243 e. The Morgan fingerprint density at radius 2 is 1.57 bits per heavy atom. The number of thioether (sulfide) groups is 1. The van der Waals surface area contributed by atoms with Crippen LogP contribution < -0.4 is 37.1 Å². The molecule has 10 atom stereocenters. The Hall–Kier alpha value is -5.18. The Balaban J connectivity index is 1.63. The normalized spacial score (nSPS) is 25.4. The summed E-state index contributed by atoms with van der Waals surface area (Å²) >= 11 is 3.14. The molecule has 74 heavy (non-hydrogen) atoms. The Kier molecular flexibility index (Phi) is 23.1. The van der Waals surface area contributed by atoms with Crippen LogP contribution in [0.2, 0.25) is 0 Å². The highest BCUT2D eigenvalue weighted by atomic mass is 127. The maximum atomic E-state index is 14.8. The van der Waals surface area contributed by atoms with Gasteiger partial charge in [-0.05, 0) is 42.9 Å². The van der Waals surface area contributed by atoms with Crippen molar-refractivity contribution in [2.24, 2.45) is 29.4 Å². The molecule has 0 unspecified atom stereocenters. The van der Waals surface area contributed by atoms with Crippen molar-refractivity contribution in [3.05, 3.63) is 23.8 Å². The first-order valence-electron chi connectivity index (χ1n) is 25.3. The van der Waals surface area contributed by atoms with Crippen molar-refractivity contribution in [3.8, 4) is 5.75 Å². The van der Waals surface area contributed by atoms with E-state index >= 15 is 0 Å². The van der Waals surface area contributed by atoms with Crippen molar-refractivity contribution in [2.75, 3.05) is 43.0 Å². The van der Waals surface area contributed by atoms with Crippen LogP contribution in [0.1, 0.15) is 97.0 Å². The van der Waals surface area contributed by atoms with E-state index in [1.165, 1.54) is 6.92 Å². The van der Waals surface area contributed by atoms with Crippen molar-refractivity contribution in [3.63, 3.8) is 0 Å². The van der Waals surface area contributed by atoms with Crippen molar-refractivity contribution >= 4 is 104 Å². The number of halogens is 1. The van der Waals surface area contributed by atoms with Crippen LogP contribution in [-0.4, -0.2) is 163 Å². The molecule has 408 valence electrons. The number of hydrogen-bond acceptors (Lipinski definition) is 15. The second-order valence-corrected chi connectivity index (χ2v) is 21.4. The molecule has 11 N–H and O–H groups in total. The number of carbonyl (C=O) groups is 10. The maximum absolute atomic E-state index is 14.8. The lowest BCUT2D eigenvalue weighted by Crippen LogP contribution is -2.56. The van der Waals surface area contributed by atoms with Gasteiger partial charge < -0.3 is 62.3 Å². The largest absolute Gasteiger partial charge is 0.494 e. The van der Waals surface area contributed by atoms with E-state index in [4.69, 9.17) is 10.5 Å². The van der Waals surface area contributed by atoms with Gasteiger partial charge in [-0.25, -0.2) is 0 Å². The summed E-state index contributed by atoms with van der Waals surface area (Å²) in [5.74, 6) is -11.3. The van der Waals surface area contributed by atoms with E-state index in [2.05, 4.69) is 54.2 Å². The number of aromatic nitrogens is 1. The molecule has 1 fully saturated rings. The number of benzene rings is 1. The third-order valence-electron chi connectivity index (χ3n) is 14.0. The number of nitrogens with two attached hydrogens (primary N) is 1. The highest BCUT2D eigenvalue weighted by molar-refractivity contribution is 14.1. The van der Waals surface area contributed by atoms with Gasteiger partial charge in [-0.15, -0.1) is 11.8 Å². The Bertz CT molecular complexity index is 2390. The van der Waals surface area contributed by atoms with Gasteiger partial charge in [0.05, 0.1) is 71.5 Å². The van der Waals surface area contributed by atoms with Crippen LogP contribution in [0.15, 0.2) is 23.2 Å². The molecule has 5 rings (SSSR count). The molecule has 1 saturated heterocycles. The fraction of sp³-hybridized carbons (Fsp3) is 0.640. The number of ether oxygens (including phenoxy) is 1. The number of alkyl halides is 1. The fourth-order valence-corrected chi connectivity index (χ4v) is 10.9. The predicted octanol–water partition coefficient (Wildman–Crippen LogP) is 0.263. The monoisotopic (exact) mass is 1170 g/mol. The number of unbranched alkanes of at least 4 members (excludes halogenated alkanes) is 4. The molecule has 7 amide bonds. The minimum atomic E-state index is -1.59. The molecule has 0 saturated carbocycles. The average molecular weight is 1170 g/mol. The van der Waals surface area contributed by atoms with Crippen LogP contribution in [0.25, 0.3) is 10.9 Å². The zero-order valence-electron chi connectivity index (χ0n) is 42.1. The number of H-pyrrole nitrogens is 1. The van der Waals surface area contributed by atoms with E-state index in [0.717, 1.165) is 48.8 Å². The zero-order valence-corrected chi connectivity index (χ0v) is 45.1. The molecular weight excluding hydrogens is 1100 g/mol. The molecule has 22 nitrogen and oxygen atoms in total. The number of aromatic amines is 1. The summed E-state index contributed by atoms with van der Waals surface area (Å²) in [6.07, 6.45) is 0.0413. The van der Waals surface area contributed by atoms with Crippen molar-refractivity contribution in [1.82, 2.24) is 36.5 Å². The highest BCUT2D eigenvalue weighted by Gasteiger charge is 2.45. The van der Waals surface area contributed by atoms with E-state index < -0.39 is 158 Å². The van der Waals surface area contributed by atoms with Gasteiger partial charge in [0.1, 0.15) is 23.6 Å². The quantitative estimate of drug-likeness (QED) is 0.0577. The molecule has 0 spiro atoms. The van der Waals surface area contributed by atoms with Crippen molar-refractivity contribution < 1.29 is 68.0 Å². The van der Waals surface area contributed by atoms with Crippen molar-refractivity contribution in [1.29, 1.82) is 0 Å². The number of aliphatic hydroxyl groups is 3. The SMILES string of the molecule is CC[C@H](C)[C@@H]1NC(=O)CNC(=O)[C@@H]2CC(=O)[C@H]([C@@H](C)[C@@H](O)CO)NC(=O)[C@@H]3C[C@@H](O)CN3C(=O)[C@H](CC(N)=O)CC(=O)[C@H](CSc3[nH]c4cc(OCCCCCCCC(=O)CI)ccc4c3C2)NC(=O)CNC1=O. The van der Waals surface area contributed by atoms with E-state index in [1.54, 1.807) is 32.0 Å². The molecule has 3 aliphatic heterocycles. The molecule has 4 heterocycles. The Morgan fingerprint density at radius 1 is 0.878 bits per heavy atom. The number of ketones is 3. The van der Waals surface area contributed by atoms with Gasteiger partial charge in [0.15, 0.2) is 11.6 Å². The Labute approximate surface area is 447 Å². The van der Waals surface area contributed by atoms with Crippen LogP contribution in [0.5, 0.6) is 5.75 Å². The molecule has 2 aromatic rings. The number of amides is 7. The van der Waals surface area contributed by atoms with Gasteiger partial charge in [0.2, 0.25) is 41.4 Å². The van der Waals surface area contributed by atoms with E-state index in [1.807, 2.05) is 0 Å². The number of hydrogen-bond donors (Lipinski definition) is 10. The summed E-state index contributed by atoms with van der Waals surface area (Å²) < 4.78 is 6.63. The number of rotatable bonds is 17. The minimum Gasteiger partial charge on any atom is -0.494 e. The van der Waals surface area contributed by atoms with Gasteiger partial charge in [-0.2, -0.15) is 0 Å². The standard InChI is InChI=1S/C50H71IN8O14S/c1-4-26(2)44-48(71)54-21-42(67)55-36-25-74-49-34(33-12-11-32(19-35(33)56-49)73-13-9-7-5-6-8-10-30(61)20-51)14-28(46(69)53-22-43(68)57-44)15-39(64)45(27(3)40(65)24-60)58-47(70)37-18-31(62)23-59(37)50(72)29(16-38(36)63)17-41(52)66/h11-12,19,26-29,31,36-37,40,44-45,56,60,62,65H,4-10,13-18,20-25H2,1-3H3,(H2,52,66)(H,53,69)(H,54,71)(H,55,67)(H,57,68)(H,58,70)/t26-,27-,28-,29-,31+,36-,37-,40-,44-,45-/m0/s1. The zero-order chi connectivity index (χ0) is 54.2. The molecule has 3 aliphatic rings. The molecular formula is C50H71IN8O14S. The topological polar surface area (TPSA) is 346 Å². The third-order valence-corrected chi connectivity index (χ3v) is 16.0. The predicted molar refractivity (Wildman–Crippen MR) is 280 cm³/mol. The van der Waals surface area contributed by atoms with Gasteiger partial charge in [0.25, 0.3) is 0 Å². The van der Waals surface area contributed by atoms with Crippen LogP contribution in [0.4, 0.5) is 0 Å². The Morgan fingerprint density at radius 3 is 2.26 bits per heavy atom.